The van der Waals surface area contributed by atoms with E-state index in [-0.39, 0.29) is 6.61 Å². The van der Waals surface area contributed by atoms with E-state index in [2.05, 4.69) is 9.94 Å². The van der Waals surface area contributed by atoms with Crippen molar-refractivity contribution in [3.8, 4) is 11.6 Å². The van der Waals surface area contributed by atoms with E-state index in [4.69, 9.17) is 4.74 Å². The van der Waals surface area contributed by atoms with Gasteiger partial charge in [-0.2, -0.15) is 0 Å². The first-order valence-electron chi connectivity index (χ1n) is 5.66. The minimum Gasteiger partial charge on any atom is -0.480 e. The smallest absolute Gasteiger partial charge is 0.294 e. The van der Waals surface area contributed by atoms with Crippen LogP contribution in [0.1, 0.15) is 5.56 Å². The highest BCUT2D eigenvalue weighted by Gasteiger charge is 2.10. The molecule has 7 heteroatoms. The van der Waals surface area contributed by atoms with E-state index in [1.54, 1.807) is 10.9 Å². The van der Waals surface area contributed by atoms with Gasteiger partial charge in [-0.05, 0) is 12.1 Å². The average molecular weight is 263 g/mol. The van der Waals surface area contributed by atoms with Crippen molar-refractivity contribution in [1.29, 1.82) is 0 Å². The van der Waals surface area contributed by atoms with Gasteiger partial charge in [-0.3, -0.25) is 0 Å². The maximum Gasteiger partial charge on any atom is 0.294 e. The number of methoxy groups -OCH3 is 1. The van der Waals surface area contributed by atoms with E-state index in [9.17, 15) is 10.1 Å². The molecule has 2 aromatic rings. The zero-order chi connectivity index (χ0) is 13.7. The van der Waals surface area contributed by atoms with Crippen molar-refractivity contribution in [2.24, 2.45) is 0 Å². The number of aromatic nitrogens is 2. The van der Waals surface area contributed by atoms with Crippen LogP contribution in [0.3, 0.4) is 0 Å². The lowest BCUT2D eigenvalue weighted by atomic mass is 10.2. The first-order chi connectivity index (χ1) is 9.20. The Kier molecular flexibility index (Phi) is 3.97. The number of nitrogens with zero attached hydrogens (tertiary/aromatic N) is 3. The van der Waals surface area contributed by atoms with Crippen LogP contribution in [-0.4, -0.2) is 28.6 Å². The van der Waals surface area contributed by atoms with Crippen LogP contribution in [0.4, 0.5) is 0 Å². The molecule has 7 nitrogen and oxygen atoms in total. The molecular weight excluding hydrogens is 250 g/mol. The summed E-state index contributed by atoms with van der Waals surface area (Å²) in [6, 6.07) is 9.53. The van der Waals surface area contributed by atoms with Gasteiger partial charge in [0.1, 0.15) is 6.61 Å². The lowest BCUT2D eigenvalue weighted by molar-refractivity contribution is -0.757. The summed E-state index contributed by atoms with van der Waals surface area (Å²) in [7, 11) is 1.51. The summed E-state index contributed by atoms with van der Waals surface area (Å²) in [5, 5.41) is 13.6. The van der Waals surface area contributed by atoms with Crippen LogP contribution < -0.4 is 4.74 Å². The number of para-hydroxylation sites is 1. The minimum atomic E-state index is -0.811. The van der Waals surface area contributed by atoms with Crippen molar-refractivity contribution in [2.75, 3.05) is 13.7 Å². The van der Waals surface area contributed by atoms with Gasteiger partial charge in [0, 0.05) is 18.2 Å². The molecule has 19 heavy (non-hydrogen) atoms. The second-order valence-electron chi connectivity index (χ2n) is 3.75. The molecule has 0 spiro atoms. The molecule has 0 aliphatic carbocycles. The van der Waals surface area contributed by atoms with Gasteiger partial charge in [-0.1, -0.05) is 18.2 Å². The number of hydrogen-bond acceptors (Lipinski definition) is 5. The predicted molar refractivity (Wildman–Crippen MR) is 66.8 cm³/mol. The van der Waals surface area contributed by atoms with Gasteiger partial charge in [-0.15, -0.1) is 15.2 Å². The molecule has 0 fully saturated rings. The highest BCUT2D eigenvalue weighted by Crippen LogP contribution is 2.19. The lowest BCUT2D eigenvalue weighted by Crippen LogP contribution is -2.04. The zero-order valence-electron chi connectivity index (χ0n) is 10.4. The summed E-state index contributed by atoms with van der Waals surface area (Å²) in [5.74, 6) is 0.441. The van der Waals surface area contributed by atoms with Crippen LogP contribution in [0.5, 0.6) is 5.88 Å². The molecular formula is C12H13N3O4. The lowest BCUT2D eigenvalue weighted by Gasteiger charge is -1.98. The van der Waals surface area contributed by atoms with Crippen molar-refractivity contribution < 1.29 is 14.7 Å². The van der Waals surface area contributed by atoms with Crippen molar-refractivity contribution >= 4 is 0 Å². The van der Waals surface area contributed by atoms with E-state index in [1.165, 1.54) is 7.11 Å². The monoisotopic (exact) mass is 263 g/mol. The second kappa shape index (κ2) is 5.85. The topological polar surface area (TPSA) is 79.4 Å². The Bertz CT molecular complexity index is 553. The molecule has 0 atom stereocenters. The normalized spacial score (nSPS) is 10.2. The largest absolute Gasteiger partial charge is 0.480 e. The fourth-order valence-corrected chi connectivity index (χ4v) is 1.68. The van der Waals surface area contributed by atoms with Crippen molar-refractivity contribution in [3.05, 3.63) is 52.2 Å². The number of hydrogen-bond donors (Lipinski definition) is 0. The van der Waals surface area contributed by atoms with E-state index < -0.39 is 5.09 Å². The summed E-state index contributed by atoms with van der Waals surface area (Å²) in [4.78, 5) is 14.4. The SMILES string of the molecule is COc1nn(-c2ccccc2)cc1CCO[N+](=O)[O-]. The average Bonchev–Trinajstić information content (AvgIpc) is 2.83. The molecule has 0 aliphatic heterocycles. The van der Waals surface area contributed by atoms with Crippen molar-refractivity contribution in [2.45, 2.75) is 6.42 Å². The molecule has 1 aromatic heterocycles. The molecule has 0 saturated carbocycles. The Labute approximate surface area is 109 Å². The Morgan fingerprint density at radius 1 is 1.37 bits per heavy atom. The molecule has 100 valence electrons. The third-order valence-corrected chi connectivity index (χ3v) is 2.53. The Hall–Kier alpha value is -2.57. The first kappa shape index (κ1) is 12.9. The fourth-order valence-electron chi connectivity index (χ4n) is 1.68. The van der Waals surface area contributed by atoms with Gasteiger partial charge in [0.2, 0.25) is 5.88 Å². The van der Waals surface area contributed by atoms with Crippen LogP contribution in [-0.2, 0) is 11.3 Å². The highest BCUT2D eigenvalue weighted by atomic mass is 16.9. The quantitative estimate of drug-likeness (QED) is 0.584. The molecule has 0 saturated heterocycles. The number of ether oxygens (including phenoxy) is 1. The molecule has 0 N–H and O–H groups in total. The van der Waals surface area contributed by atoms with Gasteiger partial charge in [0.05, 0.1) is 12.8 Å². The van der Waals surface area contributed by atoms with Gasteiger partial charge in [0.15, 0.2) is 0 Å². The first-order valence-corrected chi connectivity index (χ1v) is 5.66. The van der Waals surface area contributed by atoms with Gasteiger partial charge in [-0.25, -0.2) is 4.68 Å². The molecule has 2 rings (SSSR count). The van der Waals surface area contributed by atoms with Crippen LogP contribution >= 0.6 is 0 Å². The molecule has 0 unspecified atom stereocenters. The van der Waals surface area contributed by atoms with E-state index in [0.717, 1.165) is 11.3 Å². The fraction of sp³-hybridized carbons (Fsp3) is 0.250. The summed E-state index contributed by atoms with van der Waals surface area (Å²) in [6.07, 6.45) is 2.13. The number of rotatable bonds is 6. The van der Waals surface area contributed by atoms with E-state index in [0.29, 0.717) is 12.3 Å². The molecule has 0 bridgehead atoms. The predicted octanol–water partition coefficient (Wildman–Crippen LogP) is 1.63. The van der Waals surface area contributed by atoms with Gasteiger partial charge in [0.25, 0.3) is 5.09 Å². The van der Waals surface area contributed by atoms with Crippen LogP contribution in [0, 0.1) is 10.1 Å². The van der Waals surface area contributed by atoms with Gasteiger partial charge >= 0.3 is 0 Å². The number of benzene rings is 1. The van der Waals surface area contributed by atoms with Gasteiger partial charge < -0.3 is 9.57 Å². The van der Waals surface area contributed by atoms with Crippen LogP contribution in [0.2, 0.25) is 0 Å². The third kappa shape index (κ3) is 3.21. The minimum absolute atomic E-state index is 0.0240. The molecule has 1 aromatic carbocycles. The Morgan fingerprint density at radius 3 is 2.74 bits per heavy atom. The summed E-state index contributed by atoms with van der Waals surface area (Å²) in [6.45, 7) is -0.0240. The van der Waals surface area contributed by atoms with Crippen LogP contribution in [0.15, 0.2) is 36.5 Å². The molecule has 0 amide bonds. The summed E-state index contributed by atoms with van der Waals surface area (Å²) >= 11 is 0. The third-order valence-electron chi connectivity index (χ3n) is 2.53. The van der Waals surface area contributed by atoms with Crippen molar-refractivity contribution in [1.82, 2.24) is 9.78 Å². The summed E-state index contributed by atoms with van der Waals surface area (Å²) in [5.41, 5.74) is 1.65. The van der Waals surface area contributed by atoms with E-state index in [1.807, 2.05) is 30.3 Å². The maximum absolute atomic E-state index is 10.1. The Balaban J connectivity index is 2.15. The maximum atomic E-state index is 10.1. The summed E-state index contributed by atoms with van der Waals surface area (Å²) < 4.78 is 6.81. The van der Waals surface area contributed by atoms with Crippen LogP contribution in [0.25, 0.3) is 5.69 Å². The Morgan fingerprint density at radius 2 is 2.11 bits per heavy atom. The standard InChI is InChI=1S/C12H13N3O4/c1-18-12-10(7-8-19-15(16)17)9-14(13-12)11-5-3-2-4-6-11/h2-6,9H,7-8H2,1H3. The highest BCUT2D eigenvalue weighted by molar-refractivity contribution is 5.34. The molecule has 0 aliphatic rings. The zero-order valence-corrected chi connectivity index (χ0v) is 10.4. The molecule has 0 radical (unpaired) electrons. The van der Waals surface area contributed by atoms with E-state index >= 15 is 0 Å². The van der Waals surface area contributed by atoms with Crippen molar-refractivity contribution in [3.63, 3.8) is 0 Å². The second-order valence-corrected chi connectivity index (χ2v) is 3.75. The molecule has 1 heterocycles.